The van der Waals surface area contributed by atoms with Crippen molar-refractivity contribution in [2.24, 2.45) is 7.05 Å². The topological polar surface area (TPSA) is 84.1 Å². The van der Waals surface area contributed by atoms with Crippen molar-refractivity contribution in [2.45, 2.75) is 18.4 Å². The fourth-order valence-corrected chi connectivity index (χ4v) is 2.78. The standard InChI is InChI=1S/C18H17N3O3/c1-21-11-13(9-15(21)17(23)24-2)16(22)20-18(6-7-18)14-5-3-4-12(8-14)10-19/h3-5,8-9,11H,6-7H2,1-2H3,(H,20,22). The van der Waals surface area contributed by atoms with Crippen molar-refractivity contribution in [1.82, 2.24) is 9.88 Å². The third kappa shape index (κ3) is 2.76. The Morgan fingerprint density at radius 1 is 1.33 bits per heavy atom. The van der Waals surface area contributed by atoms with Crippen LogP contribution in [0.25, 0.3) is 0 Å². The number of rotatable bonds is 4. The maximum Gasteiger partial charge on any atom is 0.354 e. The summed E-state index contributed by atoms with van der Waals surface area (Å²) in [6.45, 7) is 0. The van der Waals surface area contributed by atoms with Crippen molar-refractivity contribution < 1.29 is 14.3 Å². The van der Waals surface area contributed by atoms with Crippen LogP contribution in [-0.4, -0.2) is 23.6 Å². The van der Waals surface area contributed by atoms with Crippen LogP contribution in [0, 0.1) is 11.3 Å². The molecule has 0 aliphatic heterocycles. The van der Waals surface area contributed by atoms with Gasteiger partial charge in [0.15, 0.2) is 0 Å². The minimum Gasteiger partial charge on any atom is -0.464 e. The molecule has 1 aromatic carbocycles. The molecule has 1 aromatic heterocycles. The second-order valence-corrected chi connectivity index (χ2v) is 5.95. The Labute approximate surface area is 139 Å². The second kappa shape index (κ2) is 5.85. The molecule has 1 amide bonds. The van der Waals surface area contributed by atoms with Crippen LogP contribution < -0.4 is 5.32 Å². The number of nitriles is 1. The Kier molecular flexibility index (Phi) is 3.86. The molecule has 1 N–H and O–H groups in total. The highest BCUT2D eigenvalue weighted by Crippen LogP contribution is 2.45. The lowest BCUT2D eigenvalue weighted by atomic mass is 10.0. The fraction of sp³-hybridized carbons (Fsp3) is 0.278. The van der Waals surface area contributed by atoms with E-state index in [1.54, 1.807) is 29.9 Å². The molecule has 1 heterocycles. The van der Waals surface area contributed by atoms with Gasteiger partial charge in [0, 0.05) is 13.2 Å². The Hall–Kier alpha value is -3.07. The summed E-state index contributed by atoms with van der Waals surface area (Å²) in [5, 5.41) is 12.1. The molecule has 0 bridgehead atoms. The molecule has 0 unspecified atom stereocenters. The smallest absolute Gasteiger partial charge is 0.354 e. The maximum atomic E-state index is 12.6. The number of hydrogen-bond acceptors (Lipinski definition) is 4. The summed E-state index contributed by atoms with van der Waals surface area (Å²) >= 11 is 0. The predicted octanol–water partition coefficient (Wildman–Crippen LogP) is 2.10. The number of carbonyl (C=O) groups is 2. The molecule has 1 aliphatic rings. The lowest BCUT2D eigenvalue weighted by Crippen LogP contribution is -2.34. The number of aryl methyl sites for hydroxylation is 1. The van der Waals surface area contributed by atoms with Gasteiger partial charge in [-0.25, -0.2) is 4.79 Å². The molecule has 6 heteroatoms. The van der Waals surface area contributed by atoms with Crippen molar-refractivity contribution in [3.8, 4) is 6.07 Å². The quantitative estimate of drug-likeness (QED) is 0.873. The van der Waals surface area contributed by atoms with Gasteiger partial charge in [-0.2, -0.15) is 5.26 Å². The molecule has 1 aliphatic carbocycles. The number of nitrogens with zero attached hydrogens (tertiary/aromatic N) is 2. The highest BCUT2D eigenvalue weighted by Gasteiger charge is 2.46. The monoisotopic (exact) mass is 323 g/mol. The number of benzene rings is 1. The molecule has 6 nitrogen and oxygen atoms in total. The van der Waals surface area contributed by atoms with Gasteiger partial charge in [-0.05, 0) is 36.6 Å². The fourth-order valence-electron chi connectivity index (χ4n) is 2.78. The Morgan fingerprint density at radius 3 is 2.71 bits per heavy atom. The molecule has 0 spiro atoms. The average molecular weight is 323 g/mol. The largest absolute Gasteiger partial charge is 0.464 e. The summed E-state index contributed by atoms with van der Waals surface area (Å²) in [5.41, 5.74) is 1.80. The van der Waals surface area contributed by atoms with E-state index >= 15 is 0 Å². The number of carbonyl (C=O) groups excluding carboxylic acids is 2. The third-order valence-electron chi connectivity index (χ3n) is 4.31. The van der Waals surface area contributed by atoms with E-state index < -0.39 is 11.5 Å². The molecule has 0 radical (unpaired) electrons. The lowest BCUT2D eigenvalue weighted by molar-refractivity contribution is 0.0590. The minimum atomic E-state index is -0.487. The van der Waals surface area contributed by atoms with Crippen molar-refractivity contribution >= 4 is 11.9 Å². The van der Waals surface area contributed by atoms with Crippen LogP contribution in [0.2, 0.25) is 0 Å². The van der Waals surface area contributed by atoms with E-state index in [1.807, 2.05) is 12.1 Å². The number of esters is 1. The van der Waals surface area contributed by atoms with E-state index in [0.717, 1.165) is 18.4 Å². The van der Waals surface area contributed by atoms with Crippen LogP contribution in [0.4, 0.5) is 0 Å². The van der Waals surface area contributed by atoms with Crippen LogP contribution in [0.3, 0.4) is 0 Å². The molecule has 2 aromatic rings. The average Bonchev–Trinajstić information content (AvgIpc) is 3.28. The van der Waals surface area contributed by atoms with Crippen LogP contribution in [-0.2, 0) is 17.3 Å². The Balaban J connectivity index is 1.82. The minimum absolute atomic E-state index is 0.249. The summed E-state index contributed by atoms with van der Waals surface area (Å²) in [5.74, 6) is -0.736. The van der Waals surface area contributed by atoms with Crippen molar-refractivity contribution in [2.75, 3.05) is 7.11 Å². The van der Waals surface area contributed by atoms with Gasteiger partial charge < -0.3 is 14.6 Å². The number of ether oxygens (including phenoxy) is 1. The summed E-state index contributed by atoms with van der Waals surface area (Å²) in [6.07, 6.45) is 3.25. The van der Waals surface area contributed by atoms with Gasteiger partial charge in [0.1, 0.15) is 5.69 Å². The van der Waals surface area contributed by atoms with E-state index in [9.17, 15) is 9.59 Å². The van der Waals surface area contributed by atoms with Crippen molar-refractivity contribution in [3.63, 3.8) is 0 Å². The number of nitrogens with one attached hydrogen (secondary N) is 1. The molecular weight excluding hydrogens is 306 g/mol. The van der Waals surface area contributed by atoms with Gasteiger partial charge in [-0.3, -0.25) is 4.79 Å². The molecule has 1 fully saturated rings. The van der Waals surface area contributed by atoms with E-state index in [2.05, 4.69) is 11.4 Å². The van der Waals surface area contributed by atoms with Gasteiger partial charge in [0.25, 0.3) is 5.91 Å². The van der Waals surface area contributed by atoms with Crippen LogP contribution in [0.5, 0.6) is 0 Å². The first-order valence-electron chi connectivity index (χ1n) is 7.57. The van der Waals surface area contributed by atoms with Crippen molar-refractivity contribution in [1.29, 1.82) is 5.26 Å². The Morgan fingerprint density at radius 2 is 2.08 bits per heavy atom. The normalized spacial score (nSPS) is 14.5. The highest BCUT2D eigenvalue weighted by molar-refractivity contribution is 5.98. The first-order chi connectivity index (χ1) is 11.5. The van der Waals surface area contributed by atoms with Crippen LogP contribution in [0.15, 0.2) is 36.5 Å². The van der Waals surface area contributed by atoms with Gasteiger partial charge in [0.05, 0.1) is 29.8 Å². The number of methoxy groups -OCH3 is 1. The zero-order valence-electron chi connectivity index (χ0n) is 13.5. The molecule has 24 heavy (non-hydrogen) atoms. The summed E-state index contributed by atoms with van der Waals surface area (Å²) < 4.78 is 6.26. The molecular formula is C18H17N3O3. The van der Waals surface area contributed by atoms with Gasteiger partial charge in [-0.1, -0.05) is 12.1 Å². The van der Waals surface area contributed by atoms with Crippen LogP contribution >= 0.6 is 0 Å². The molecule has 0 saturated heterocycles. The molecule has 3 rings (SSSR count). The number of amides is 1. The van der Waals surface area contributed by atoms with E-state index in [-0.39, 0.29) is 5.91 Å². The number of aromatic nitrogens is 1. The molecule has 122 valence electrons. The first-order valence-corrected chi connectivity index (χ1v) is 7.57. The van der Waals surface area contributed by atoms with E-state index in [1.165, 1.54) is 13.2 Å². The van der Waals surface area contributed by atoms with E-state index in [4.69, 9.17) is 10.00 Å². The number of hydrogen-bond donors (Lipinski definition) is 1. The maximum absolute atomic E-state index is 12.6. The summed E-state index contributed by atoms with van der Waals surface area (Å²) in [7, 11) is 2.99. The van der Waals surface area contributed by atoms with E-state index in [0.29, 0.717) is 16.8 Å². The zero-order chi connectivity index (χ0) is 17.3. The van der Waals surface area contributed by atoms with Gasteiger partial charge >= 0.3 is 5.97 Å². The first kappa shape index (κ1) is 15.8. The lowest BCUT2D eigenvalue weighted by Gasteiger charge is -2.17. The highest BCUT2D eigenvalue weighted by atomic mass is 16.5. The van der Waals surface area contributed by atoms with Crippen molar-refractivity contribution in [3.05, 3.63) is 58.9 Å². The summed E-state index contributed by atoms with van der Waals surface area (Å²) in [4.78, 5) is 24.2. The zero-order valence-corrected chi connectivity index (χ0v) is 13.5. The Bertz CT molecular complexity index is 857. The third-order valence-corrected chi connectivity index (χ3v) is 4.31. The predicted molar refractivity (Wildman–Crippen MR) is 86.3 cm³/mol. The van der Waals surface area contributed by atoms with Gasteiger partial charge in [0.2, 0.25) is 0 Å². The summed E-state index contributed by atoms with van der Waals surface area (Å²) in [6, 6.07) is 10.9. The second-order valence-electron chi connectivity index (χ2n) is 5.95. The molecule has 1 saturated carbocycles. The van der Waals surface area contributed by atoms with Gasteiger partial charge in [-0.15, -0.1) is 0 Å². The molecule has 0 atom stereocenters. The van der Waals surface area contributed by atoms with Crippen LogP contribution in [0.1, 0.15) is 44.8 Å². The SMILES string of the molecule is COC(=O)c1cc(C(=O)NC2(c3cccc(C#N)c3)CC2)cn1C.